The van der Waals surface area contributed by atoms with Crippen LogP contribution in [-0.4, -0.2) is 36.8 Å². The quantitative estimate of drug-likeness (QED) is 0.746. The molecule has 4 nitrogen and oxygen atoms in total. The zero-order valence-electron chi connectivity index (χ0n) is 11.8. The number of rotatable bonds is 6. The molecule has 0 aliphatic carbocycles. The third-order valence-corrected chi connectivity index (χ3v) is 2.99. The average molecular weight is 272 g/mol. The van der Waals surface area contributed by atoms with Gasteiger partial charge in [-0.25, -0.2) is 9.97 Å². The molecule has 0 saturated carbocycles. The minimum atomic E-state index is 0.531. The van der Waals surface area contributed by atoms with Crippen molar-refractivity contribution >= 4 is 17.4 Å². The van der Waals surface area contributed by atoms with Crippen LogP contribution < -0.4 is 4.90 Å². The highest BCUT2D eigenvalue weighted by Gasteiger charge is 2.15. The second kappa shape index (κ2) is 6.90. The minimum absolute atomic E-state index is 0.531. The lowest BCUT2D eigenvalue weighted by Crippen LogP contribution is -2.32. The van der Waals surface area contributed by atoms with Gasteiger partial charge in [0.05, 0.1) is 6.61 Å². The van der Waals surface area contributed by atoms with Crippen molar-refractivity contribution < 1.29 is 4.74 Å². The maximum Gasteiger partial charge on any atom is 0.137 e. The van der Waals surface area contributed by atoms with Crippen molar-refractivity contribution in [2.75, 3.05) is 31.7 Å². The SMILES string of the molecule is COCCN(CC(C)C)c1nc(C)nc(Cl)c1C. The van der Waals surface area contributed by atoms with Gasteiger partial charge in [0.2, 0.25) is 0 Å². The number of aryl methyl sites for hydroxylation is 1. The molecule has 0 aromatic carbocycles. The summed E-state index contributed by atoms with van der Waals surface area (Å²) in [6.07, 6.45) is 0. The van der Waals surface area contributed by atoms with Gasteiger partial charge in [-0.1, -0.05) is 25.4 Å². The number of hydrogen-bond donors (Lipinski definition) is 0. The lowest BCUT2D eigenvalue weighted by Gasteiger charge is -2.27. The number of anilines is 1. The van der Waals surface area contributed by atoms with Crippen LogP contribution in [0.15, 0.2) is 0 Å². The summed E-state index contributed by atoms with van der Waals surface area (Å²) in [4.78, 5) is 10.9. The Morgan fingerprint density at radius 2 is 1.94 bits per heavy atom. The lowest BCUT2D eigenvalue weighted by molar-refractivity contribution is 0.204. The van der Waals surface area contributed by atoms with Gasteiger partial charge in [-0.3, -0.25) is 0 Å². The molecule has 1 rings (SSSR count). The van der Waals surface area contributed by atoms with Crippen LogP contribution in [0.5, 0.6) is 0 Å². The molecule has 0 bridgehead atoms. The van der Waals surface area contributed by atoms with E-state index in [1.165, 1.54) is 0 Å². The first-order chi connectivity index (χ1) is 8.45. The number of methoxy groups -OCH3 is 1. The van der Waals surface area contributed by atoms with Crippen molar-refractivity contribution in [2.24, 2.45) is 5.92 Å². The van der Waals surface area contributed by atoms with Crippen LogP contribution in [0.25, 0.3) is 0 Å². The summed E-state index contributed by atoms with van der Waals surface area (Å²) in [5.74, 6) is 2.17. The van der Waals surface area contributed by atoms with Crippen LogP contribution >= 0.6 is 11.6 Å². The van der Waals surface area contributed by atoms with Crippen molar-refractivity contribution in [3.05, 3.63) is 16.5 Å². The smallest absolute Gasteiger partial charge is 0.137 e. The predicted molar refractivity (Wildman–Crippen MR) is 75.4 cm³/mol. The van der Waals surface area contributed by atoms with E-state index in [0.29, 0.717) is 23.5 Å². The zero-order chi connectivity index (χ0) is 13.7. The summed E-state index contributed by atoms with van der Waals surface area (Å²) in [6.45, 7) is 10.6. The highest BCUT2D eigenvalue weighted by Crippen LogP contribution is 2.23. The third-order valence-electron chi connectivity index (χ3n) is 2.62. The summed E-state index contributed by atoms with van der Waals surface area (Å²) in [7, 11) is 1.71. The summed E-state index contributed by atoms with van der Waals surface area (Å²) in [5.41, 5.74) is 0.930. The number of halogens is 1. The Morgan fingerprint density at radius 3 is 2.50 bits per heavy atom. The molecule has 0 N–H and O–H groups in total. The van der Waals surface area contributed by atoms with Gasteiger partial charge in [0.25, 0.3) is 0 Å². The molecule has 18 heavy (non-hydrogen) atoms. The minimum Gasteiger partial charge on any atom is -0.383 e. The number of hydrogen-bond acceptors (Lipinski definition) is 4. The lowest BCUT2D eigenvalue weighted by atomic mass is 10.2. The molecule has 1 heterocycles. The second-order valence-corrected chi connectivity index (χ2v) is 5.20. The van der Waals surface area contributed by atoms with Crippen molar-refractivity contribution in [3.63, 3.8) is 0 Å². The monoisotopic (exact) mass is 271 g/mol. The van der Waals surface area contributed by atoms with Gasteiger partial charge in [-0.2, -0.15) is 0 Å². The van der Waals surface area contributed by atoms with E-state index >= 15 is 0 Å². The van der Waals surface area contributed by atoms with Crippen LogP contribution in [0.2, 0.25) is 5.15 Å². The first-order valence-corrected chi connectivity index (χ1v) is 6.58. The molecule has 0 fully saturated rings. The Balaban J connectivity index is 3.03. The van der Waals surface area contributed by atoms with Gasteiger partial charge in [-0.15, -0.1) is 0 Å². The van der Waals surface area contributed by atoms with E-state index in [2.05, 4.69) is 28.7 Å². The van der Waals surface area contributed by atoms with Crippen molar-refractivity contribution in [1.82, 2.24) is 9.97 Å². The fraction of sp³-hybridized carbons (Fsp3) is 0.692. The molecule has 0 saturated heterocycles. The highest BCUT2D eigenvalue weighted by molar-refractivity contribution is 6.30. The van der Waals surface area contributed by atoms with E-state index in [0.717, 1.165) is 24.5 Å². The normalized spacial score (nSPS) is 11.1. The molecular formula is C13H22ClN3O. The Kier molecular flexibility index (Phi) is 5.82. The Morgan fingerprint density at radius 1 is 1.28 bits per heavy atom. The van der Waals surface area contributed by atoms with Crippen LogP contribution in [0.3, 0.4) is 0 Å². The molecule has 0 atom stereocenters. The molecule has 0 radical (unpaired) electrons. The van der Waals surface area contributed by atoms with E-state index in [9.17, 15) is 0 Å². The molecule has 5 heteroatoms. The van der Waals surface area contributed by atoms with E-state index < -0.39 is 0 Å². The van der Waals surface area contributed by atoms with Gasteiger partial charge < -0.3 is 9.64 Å². The molecular weight excluding hydrogens is 250 g/mol. The van der Waals surface area contributed by atoms with E-state index in [4.69, 9.17) is 16.3 Å². The predicted octanol–water partition coefficient (Wildman–Crippen LogP) is 2.86. The number of nitrogens with zero attached hydrogens (tertiary/aromatic N) is 3. The zero-order valence-corrected chi connectivity index (χ0v) is 12.6. The maximum absolute atomic E-state index is 6.12. The van der Waals surface area contributed by atoms with Gasteiger partial charge in [-0.05, 0) is 19.8 Å². The first kappa shape index (κ1) is 15.2. The molecule has 1 aromatic rings. The molecule has 1 aromatic heterocycles. The Bertz CT molecular complexity index is 396. The number of aromatic nitrogens is 2. The first-order valence-electron chi connectivity index (χ1n) is 6.20. The largest absolute Gasteiger partial charge is 0.383 e. The third kappa shape index (κ3) is 4.10. The molecule has 0 aliphatic heterocycles. The van der Waals surface area contributed by atoms with E-state index in [1.807, 2.05) is 13.8 Å². The summed E-state index contributed by atoms with van der Waals surface area (Å²) < 4.78 is 5.16. The van der Waals surface area contributed by atoms with Crippen LogP contribution in [0.4, 0.5) is 5.82 Å². The van der Waals surface area contributed by atoms with E-state index in [-0.39, 0.29) is 0 Å². The average Bonchev–Trinajstić information content (AvgIpc) is 2.28. The molecule has 0 spiro atoms. The molecule has 0 unspecified atom stereocenters. The van der Waals surface area contributed by atoms with Gasteiger partial charge >= 0.3 is 0 Å². The second-order valence-electron chi connectivity index (χ2n) is 4.84. The summed E-state index contributed by atoms with van der Waals surface area (Å²) >= 11 is 6.12. The topological polar surface area (TPSA) is 38.2 Å². The standard InChI is InChI=1S/C13H22ClN3O/c1-9(2)8-17(6-7-18-5)13-10(3)12(14)15-11(4)16-13/h9H,6-8H2,1-5H3. The Hall–Kier alpha value is -0.870. The number of ether oxygens (including phenoxy) is 1. The van der Waals surface area contributed by atoms with Crippen molar-refractivity contribution in [3.8, 4) is 0 Å². The highest BCUT2D eigenvalue weighted by atomic mass is 35.5. The molecule has 0 amide bonds. The fourth-order valence-electron chi connectivity index (χ4n) is 1.81. The van der Waals surface area contributed by atoms with Crippen molar-refractivity contribution in [2.45, 2.75) is 27.7 Å². The van der Waals surface area contributed by atoms with E-state index in [1.54, 1.807) is 7.11 Å². The summed E-state index contributed by atoms with van der Waals surface area (Å²) in [5, 5.41) is 0.531. The molecule has 0 aliphatic rings. The van der Waals surface area contributed by atoms with Crippen LogP contribution in [0, 0.1) is 19.8 Å². The Labute approximate surface area is 114 Å². The fourth-order valence-corrected chi connectivity index (χ4v) is 2.02. The van der Waals surface area contributed by atoms with Crippen LogP contribution in [-0.2, 0) is 4.74 Å². The van der Waals surface area contributed by atoms with Gasteiger partial charge in [0.15, 0.2) is 0 Å². The summed E-state index contributed by atoms with van der Waals surface area (Å²) in [6, 6.07) is 0. The van der Waals surface area contributed by atoms with Crippen molar-refractivity contribution in [1.29, 1.82) is 0 Å². The molecule has 102 valence electrons. The van der Waals surface area contributed by atoms with Gasteiger partial charge in [0, 0.05) is 25.8 Å². The maximum atomic E-state index is 6.12. The van der Waals surface area contributed by atoms with Crippen LogP contribution in [0.1, 0.15) is 25.2 Å². The van der Waals surface area contributed by atoms with Gasteiger partial charge in [0.1, 0.15) is 16.8 Å².